The fourth-order valence-electron chi connectivity index (χ4n) is 1.94. The molecule has 1 saturated carbocycles. The highest BCUT2D eigenvalue weighted by molar-refractivity contribution is 5.76. The maximum absolute atomic E-state index is 11.5. The number of methoxy groups -OCH3 is 1. The van der Waals surface area contributed by atoms with Crippen LogP contribution in [-0.2, 0) is 4.79 Å². The first kappa shape index (κ1) is 15.1. The number of nitro groups is 1. The predicted octanol–water partition coefficient (Wildman–Crippen LogP) is 2.07. The number of anilines is 1. The molecule has 0 spiro atoms. The number of hydrogen-bond donors (Lipinski definition) is 2. The first-order valence-corrected chi connectivity index (χ1v) is 6.96. The van der Waals surface area contributed by atoms with Crippen molar-refractivity contribution in [2.45, 2.75) is 31.7 Å². The number of nitrogens with zero attached hydrogens (tertiary/aromatic N) is 1. The van der Waals surface area contributed by atoms with Crippen molar-refractivity contribution in [2.24, 2.45) is 0 Å². The molecule has 7 heteroatoms. The summed E-state index contributed by atoms with van der Waals surface area (Å²) in [6.07, 6.45) is 3.17. The molecule has 0 bridgehead atoms. The van der Waals surface area contributed by atoms with E-state index in [-0.39, 0.29) is 11.6 Å². The largest absolute Gasteiger partial charge is 0.497 e. The molecule has 2 N–H and O–H groups in total. The van der Waals surface area contributed by atoms with Crippen LogP contribution in [-0.4, -0.2) is 30.5 Å². The molecular weight excluding hydrogens is 274 g/mol. The van der Waals surface area contributed by atoms with Gasteiger partial charge in [-0.1, -0.05) is 0 Å². The van der Waals surface area contributed by atoms with Crippen LogP contribution in [0.15, 0.2) is 18.2 Å². The van der Waals surface area contributed by atoms with E-state index in [2.05, 4.69) is 10.6 Å². The minimum absolute atomic E-state index is 0.00164. The maximum Gasteiger partial charge on any atom is 0.292 e. The number of carbonyl (C=O) groups excluding carboxylic acids is 1. The number of benzene rings is 1. The fourth-order valence-corrected chi connectivity index (χ4v) is 1.94. The Bertz CT molecular complexity index is 529. The Kier molecular flexibility index (Phi) is 4.97. The fraction of sp³-hybridized carbons (Fsp3) is 0.500. The van der Waals surface area contributed by atoms with Crippen molar-refractivity contribution in [1.29, 1.82) is 0 Å². The number of rotatable bonds is 8. The van der Waals surface area contributed by atoms with Crippen LogP contribution >= 0.6 is 0 Å². The van der Waals surface area contributed by atoms with E-state index < -0.39 is 4.92 Å². The van der Waals surface area contributed by atoms with Crippen LogP contribution in [0.1, 0.15) is 25.7 Å². The molecule has 0 aliphatic heterocycles. The van der Waals surface area contributed by atoms with E-state index in [1.165, 1.54) is 13.2 Å². The number of nitro benzene ring substituents is 1. The van der Waals surface area contributed by atoms with E-state index >= 15 is 0 Å². The van der Waals surface area contributed by atoms with Crippen molar-refractivity contribution in [2.75, 3.05) is 19.0 Å². The zero-order chi connectivity index (χ0) is 15.2. The van der Waals surface area contributed by atoms with Gasteiger partial charge in [0.15, 0.2) is 0 Å². The van der Waals surface area contributed by atoms with E-state index in [9.17, 15) is 14.9 Å². The molecule has 0 radical (unpaired) electrons. The van der Waals surface area contributed by atoms with E-state index in [0.29, 0.717) is 36.9 Å². The second kappa shape index (κ2) is 6.92. The average molecular weight is 293 g/mol. The van der Waals surface area contributed by atoms with Crippen molar-refractivity contribution < 1.29 is 14.5 Å². The molecule has 1 aromatic rings. The first-order chi connectivity index (χ1) is 10.1. The number of amides is 1. The van der Waals surface area contributed by atoms with Gasteiger partial charge in [-0.05, 0) is 25.3 Å². The zero-order valence-electron chi connectivity index (χ0n) is 11.9. The van der Waals surface area contributed by atoms with Crippen molar-refractivity contribution in [1.82, 2.24) is 5.32 Å². The van der Waals surface area contributed by atoms with Crippen molar-refractivity contribution >= 4 is 17.3 Å². The van der Waals surface area contributed by atoms with Crippen molar-refractivity contribution in [3.8, 4) is 5.75 Å². The summed E-state index contributed by atoms with van der Waals surface area (Å²) in [4.78, 5) is 22.0. The molecule has 1 aliphatic carbocycles. The van der Waals surface area contributed by atoms with Gasteiger partial charge in [0.05, 0.1) is 12.0 Å². The predicted molar refractivity (Wildman–Crippen MR) is 78.5 cm³/mol. The molecule has 2 rings (SSSR count). The second-order valence-electron chi connectivity index (χ2n) is 5.01. The van der Waals surface area contributed by atoms with Gasteiger partial charge in [0.2, 0.25) is 5.91 Å². The molecule has 114 valence electrons. The van der Waals surface area contributed by atoms with Crippen LogP contribution in [0.2, 0.25) is 0 Å². The molecule has 0 aromatic heterocycles. The third kappa shape index (κ3) is 4.62. The molecule has 0 unspecified atom stereocenters. The highest BCUT2D eigenvalue weighted by Gasteiger charge is 2.22. The van der Waals surface area contributed by atoms with Crippen LogP contribution in [0.25, 0.3) is 0 Å². The van der Waals surface area contributed by atoms with Crippen LogP contribution in [0.3, 0.4) is 0 Å². The van der Waals surface area contributed by atoms with Crippen LogP contribution in [0.4, 0.5) is 11.4 Å². The molecule has 0 saturated heterocycles. The van der Waals surface area contributed by atoms with Gasteiger partial charge in [-0.15, -0.1) is 0 Å². The summed E-state index contributed by atoms with van der Waals surface area (Å²) in [5.74, 6) is 0.592. The second-order valence-corrected chi connectivity index (χ2v) is 5.01. The van der Waals surface area contributed by atoms with E-state index in [1.54, 1.807) is 12.1 Å². The molecule has 0 atom stereocenters. The lowest BCUT2D eigenvalue weighted by molar-refractivity contribution is -0.384. The lowest BCUT2D eigenvalue weighted by Gasteiger charge is -2.09. The van der Waals surface area contributed by atoms with Gasteiger partial charge < -0.3 is 15.4 Å². The lowest BCUT2D eigenvalue weighted by Crippen LogP contribution is -2.25. The Labute approximate surface area is 122 Å². The molecule has 1 amide bonds. The third-order valence-electron chi connectivity index (χ3n) is 3.24. The Balaban J connectivity index is 1.83. The highest BCUT2D eigenvalue weighted by Crippen LogP contribution is 2.28. The molecule has 1 aromatic carbocycles. The number of carbonyl (C=O) groups is 1. The summed E-state index contributed by atoms with van der Waals surface area (Å²) >= 11 is 0. The van der Waals surface area contributed by atoms with Crippen molar-refractivity contribution in [3.63, 3.8) is 0 Å². The maximum atomic E-state index is 11.5. The minimum atomic E-state index is -0.443. The summed E-state index contributed by atoms with van der Waals surface area (Å²) < 4.78 is 5.06. The lowest BCUT2D eigenvalue weighted by atomic mass is 10.2. The normalized spacial score (nSPS) is 13.6. The van der Waals surface area contributed by atoms with Crippen LogP contribution < -0.4 is 15.4 Å². The van der Waals surface area contributed by atoms with E-state index in [0.717, 1.165) is 12.8 Å². The van der Waals surface area contributed by atoms with Gasteiger partial charge in [-0.25, -0.2) is 0 Å². The molecule has 1 aliphatic rings. The molecular formula is C14H19N3O4. The Hall–Kier alpha value is -2.31. The first-order valence-electron chi connectivity index (χ1n) is 6.96. The van der Waals surface area contributed by atoms with Gasteiger partial charge in [-0.3, -0.25) is 14.9 Å². The number of nitrogens with one attached hydrogen (secondary N) is 2. The van der Waals surface area contributed by atoms with E-state index in [4.69, 9.17) is 4.74 Å². The smallest absolute Gasteiger partial charge is 0.292 e. The van der Waals surface area contributed by atoms with Gasteiger partial charge >= 0.3 is 0 Å². The van der Waals surface area contributed by atoms with Crippen LogP contribution in [0.5, 0.6) is 5.75 Å². The third-order valence-corrected chi connectivity index (χ3v) is 3.24. The van der Waals surface area contributed by atoms with Gasteiger partial charge in [0.1, 0.15) is 11.4 Å². The minimum Gasteiger partial charge on any atom is -0.497 e. The summed E-state index contributed by atoms with van der Waals surface area (Å²) in [6.45, 7) is 0.492. The monoisotopic (exact) mass is 293 g/mol. The molecule has 0 heterocycles. The standard InChI is InChI=1S/C14H19N3O4/c1-21-11-6-7-13(17(19)20)12(9-11)15-8-2-3-14(18)16-10-4-5-10/h6-7,9-10,15H,2-5,8H2,1H3,(H,16,18). The SMILES string of the molecule is COc1ccc([N+](=O)[O-])c(NCCCC(=O)NC2CC2)c1. The Morgan fingerprint density at radius 3 is 2.86 bits per heavy atom. The van der Waals surface area contributed by atoms with Crippen molar-refractivity contribution in [3.05, 3.63) is 28.3 Å². The quantitative estimate of drug-likeness (QED) is 0.435. The highest BCUT2D eigenvalue weighted by atomic mass is 16.6. The van der Waals surface area contributed by atoms with Gasteiger partial charge in [0.25, 0.3) is 5.69 Å². The molecule has 1 fully saturated rings. The topological polar surface area (TPSA) is 93.5 Å². The molecule has 21 heavy (non-hydrogen) atoms. The summed E-state index contributed by atoms with van der Waals surface area (Å²) in [7, 11) is 1.51. The van der Waals surface area contributed by atoms with E-state index in [1.807, 2.05) is 0 Å². The Morgan fingerprint density at radius 2 is 2.24 bits per heavy atom. The summed E-state index contributed by atoms with van der Waals surface area (Å²) in [6, 6.07) is 4.90. The van der Waals surface area contributed by atoms with Gasteiger partial charge in [-0.2, -0.15) is 0 Å². The summed E-state index contributed by atoms with van der Waals surface area (Å²) in [5.41, 5.74) is 0.403. The number of ether oxygens (including phenoxy) is 1. The Morgan fingerprint density at radius 1 is 1.48 bits per heavy atom. The average Bonchev–Trinajstić information content (AvgIpc) is 3.27. The summed E-state index contributed by atoms with van der Waals surface area (Å²) in [5, 5.41) is 16.8. The van der Waals surface area contributed by atoms with Gasteiger partial charge in [0, 0.05) is 31.1 Å². The molecule has 7 nitrogen and oxygen atoms in total. The zero-order valence-corrected chi connectivity index (χ0v) is 11.9. The number of hydrogen-bond acceptors (Lipinski definition) is 5. The van der Waals surface area contributed by atoms with Crippen LogP contribution in [0, 0.1) is 10.1 Å².